The van der Waals surface area contributed by atoms with Gasteiger partial charge in [0, 0.05) is 17.3 Å². The summed E-state index contributed by atoms with van der Waals surface area (Å²) >= 11 is 3.63. The van der Waals surface area contributed by atoms with E-state index >= 15 is 0 Å². The molecule has 0 saturated carbocycles. The fraction of sp³-hybridized carbons (Fsp3) is 0.167. The third-order valence-corrected chi connectivity index (χ3v) is 1.49. The number of pyridine rings is 1. The molecule has 1 aromatic rings. The monoisotopic (exact) mass is 203 g/mol. The van der Waals surface area contributed by atoms with E-state index in [-0.39, 0.29) is 34.5 Å². The molecule has 0 aromatic carbocycles. The van der Waals surface area contributed by atoms with Crippen molar-refractivity contribution in [3.05, 3.63) is 24.0 Å². The Morgan fingerprint density at radius 2 is 1.92 bits per heavy atom. The molecule has 62 valence electrons. The van der Waals surface area contributed by atoms with E-state index in [9.17, 15) is 13.2 Å². The van der Waals surface area contributed by atoms with Crippen LogP contribution in [0.25, 0.3) is 0 Å². The molecule has 0 radical (unpaired) electrons. The second-order valence-electron chi connectivity index (χ2n) is 1.89. The van der Waals surface area contributed by atoms with Gasteiger partial charge >= 0.3 is 35.7 Å². The van der Waals surface area contributed by atoms with Gasteiger partial charge in [-0.05, 0) is 6.07 Å². The van der Waals surface area contributed by atoms with Gasteiger partial charge in [-0.1, -0.05) is 0 Å². The van der Waals surface area contributed by atoms with Crippen molar-refractivity contribution in [1.82, 2.24) is 4.98 Å². The topological polar surface area (TPSA) is 12.9 Å². The summed E-state index contributed by atoms with van der Waals surface area (Å²) in [6.07, 6.45) is -2.34. The van der Waals surface area contributed by atoms with Gasteiger partial charge in [0.2, 0.25) is 0 Å². The van der Waals surface area contributed by atoms with Crippen LogP contribution in [0.2, 0.25) is 0 Å². The Hall–Kier alpha value is 0.290. The predicted molar refractivity (Wildman–Crippen MR) is 43.6 cm³/mol. The summed E-state index contributed by atoms with van der Waals surface area (Å²) in [7, 11) is 0. The Kier molecular flexibility index (Phi) is 4.61. The number of thiol groups is 1. The molecule has 1 heterocycles. The van der Waals surface area contributed by atoms with E-state index < -0.39 is 11.7 Å². The fourth-order valence-corrected chi connectivity index (χ4v) is 0.857. The third kappa shape index (κ3) is 2.97. The molecule has 0 atom stereocenters. The molecule has 1 rings (SSSR count). The number of alkyl halides is 3. The molecular formula is C6H5F3NNaS. The summed E-state index contributed by atoms with van der Waals surface area (Å²) in [6.45, 7) is 0. The first-order valence-corrected chi connectivity index (χ1v) is 3.16. The van der Waals surface area contributed by atoms with Gasteiger partial charge in [-0.25, -0.2) is 0 Å². The Morgan fingerprint density at radius 1 is 1.33 bits per heavy atom. The van der Waals surface area contributed by atoms with Crippen molar-refractivity contribution in [2.75, 3.05) is 0 Å². The fourth-order valence-electron chi connectivity index (χ4n) is 0.606. The molecule has 0 aliphatic carbocycles. The zero-order valence-corrected chi connectivity index (χ0v) is 6.15. The molecule has 0 amide bonds. The van der Waals surface area contributed by atoms with E-state index in [2.05, 4.69) is 17.6 Å². The van der Waals surface area contributed by atoms with Crippen molar-refractivity contribution in [1.29, 1.82) is 0 Å². The van der Waals surface area contributed by atoms with Crippen LogP contribution >= 0.6 is 12.6 Å². The van der Waals surface area contributed by atoms with Gasteiger partial charge < -0.3 is 0 Å². The van der Waals surface area contributed by atoms with Gasteiger partial charge in [-0.3, -0.25) is 4.98 Å². The minimum atomic E-state index is -4.36. The Labute approximate surface area is 95.1 Å². The summed E-state index contributed by atoms with van der Waals surface area (Å²) in [5.74, 6) is 0. The number of hydrogen-bond donors (Lipinski definition) is 1. The number of aromatic nitrogens is 1. The van der Waals surface area contributed by atoms with E-state index in [0.717, 1.165) is 6.20 Å². The molecule has 0 bridgehead atoms. The molecule has 0 saturated heterocycles. The Bertz CT molecular complexity index is 263. The van der Waals surface area contributed by atoms with Crippen molar-refractivity contribution in [2.24, 2.45) is 0 Å². The molecule has 0 aliphatic heterocycles. The van der Waals surface area contributed by atoms with Gasteiger partial charge in [0.05, 0.1) is 5.56 Å². The quantitative estimate of drug-likeness (QED) is 0.500. The Morgan fingerprint density at radius 3 is 2.25 bits per heavy atom. The van der Waals surface area contributed by atoms with Crippen molar-refractivity contribution >= 4 is 42.2 Å². The zero-order chi connectivity index (χ0) is 8.48. The van der Waals surface area contributed by atoms with Gasteiger partial charge in [-0.2, -0.15) is 13.2 Å². The number of nitrogens with zero attached hydrogens (tertiary/aromatic N) is 1. The van der Waals surface area contributed by atoms with E-state index in [1.54, 1.807) is 0 Å². The van der Waals surface area contributed by atoms with Crippen molar-refractivity contribution in [3.63, 3.8) is 0 Å². The maximum atomic E-state index is 12.0. The first-order valence-electron chi connectivity index (χ1n) is 2.72. The van der Waals surface area contributed by atoms with E-state index in [1.165, 1.54) is 12.3 Å². The van der Waals surface area contributed by atoms with Gasteiger partial charge in [-0.15, -0.1) is 12.6 Å². The maximum absolute atomic E-state index is 12.0. The summed E-state index contributed by atoms with van der Waals surface area (Å²) in [5.41, 5.74) is -0.802. The zero-order valence-electron chi connectivity index (χ0n) is 5.26. The summed E-state index contributed by atoms with van der Waals surface area (Å²) in [4.78, 5) is 3.24. The molecular weight excluding hydrogens is 198 g/mol. The summed E-state index contributed by atoms with van der Waals surface area (Å²) in [5, 5.41) is 0. The van der Waals surface area contributed by atoms with Crippen LogP contribution in [0.15, 0.2) is 23.4 Å². The summed E-state index contributed by atoms with van der Waals surface area (Å²) < 4.78 is 35.9. The molecule has 0 fully saturated rings. The van der Waals surface area contributed by atoms with Crippen LogP contribution < -0.4 is 0 Å². The first-order chi connectivity index (χ1) is 5.02. The standard InChI is InChI=1S/C6H4F3NS.Na.H/c7-6(8,9)4-3-10-2-1-5(4)11;;/h1-3H,(H,10,11);;. The number of halogens is 3. The molecule has 12 heavy (non-hydrogen) atoms. The van der Waals surface area contributed by atoms with Crippen LogP contribution in [-0.2, 0) is 6.18 Å². The molecule has 0 aliphatic rings. The molecule has 6 heteroatoms. The van der Waals surface area contributed by atoms with E-state index in [0.29, 0.717) is 0 Å². The van der Waals surface area contributed by atoms with Crippen molar-refractivity contribution in [2.45, 2.75) is 11.1 Å². The van der Waals surface area contributed by atoms with Crippen LogP contribution in [0.4, 0.5) is 13.2 Å². The summed E-state index contributed by atoms with van der Waals surface area (Å²) in [6, 6.07) is 1.20. The molecule has 1 nitrogen and oxygen atoms in total. The van der Waals surface area contributed by atoms with Crippen LogP contribution in [0.1, 0.15) is 5.56 Å². The van der Waals surface area contributed by atoms with E-state index in [1.807, 2.05) is 0 Å². The average Bonchev–Trinajstić information content (AvgIpc) is 1.86. The van der Waals surface area contributed by atoms with E-state index in [4.69, 9.17) is 0 Å². The van der Waals surface area contributed by atoms with Gasteiger partial charge in [0.15, 0.2) is 0 Å². The van der Waals surface area contributed by atoms with Crippen molar-refractivity contribution in [3.8, 4) is 0 Å². The molecule has 0 N–H and O–H groups in total. The second kappa shape index (κ2) is 4.50. The predicted octanol–water partition coefficient (Wildman–Crippen LogP) is 1.74. The number of hydrogen-bond acceptors (Lipinski definition) is 2. The normalized spacial score (nSPS) is 10.7. The molecule has 0 spiro atoms. The van der Waals surface area contributed by atoms with Crippen LogP contribution in [0.5, 0.6) is 0 Å². The third-order valence-electron chi connectivity index (χ3n) is 1.10. The van der Waals surface area contributed by atoms with Crippen LogP contribution in [0.3, 0.4) is 0 Å². The van der Waals surface area contributed by atoms with Gasteiger partial charge in [0.1, 0.15) is 0 Å². The SMILES string of the molecule is FC(F)(F)c1cnccc1S.[NaH]. The average molecular weight is 203 g/mol. The van der Waals surface area contributed by atoms with Crippen LogP contribution in [0, 0.1) is 0 Å². The van der Waals surface area contributed by atoms with Crippen LogP contribution in [-0.4, -0.2) is 34.5 Å². The number of rotatable bonds is 0. The molecule has 1 aromatic heterocycles. The minimum absolute atomic E-state index is 0. The first kappa shape index (κ1) is 12.3. The van der Waals surface area contributed by atoms with Crippen molar-refractivity contribution < 1.29 is 13.2 Å². The molecule has 0 unspecified atom stereocenters. The van der Waals surface area contributed by atoms with Gasteiger partial charge in [0.25, 0.3) is 0 Å². The second-order valence-corrected chi connectivity index (χ2v) is 2.37. The Balaban J connectivity index is 0.00000121.